The Kier molecular flexibility index (Phi) is 5.46. The number of pyridine rings is 1. The number of carbonyl (C=O) groups is 1. The molecule has 1 unspecified atom stereocenters. The number of sulfonamides is 1. The monoisotopic (exact) mass is 386 g/mol. The SMILES string of the molecule is Cc1ccc(NS(=O)(=O)CC(C)C(=O)NCc2ncc3ccccn23)cc1. The summed E-state index contributed by atoms with van der Waals surface area (Å²) < 4.78 is 29.0. The number of nitrogens with one attached hydrogen (secondary N) is 2. The number of imidazole rings is 1. The Morgan fingerprint density at radius 2 is 1.93 bits per heavy atom. The maximum Gasteiger partial charge on any atom is 0.233 e. The van der Waals surface area contributed by atoms with Gasteiger partial charge in [-0.1, -0.05) is 30.7 Å². The first-order chi connectivity index (χ1) is 12.8. The van der Waals surface area contributed by atoms with Gasteiger partial charge in [-0.15, -0.1) is 0 Å². The van der Waals surface area contributed by atoms with Crippen LogP contribution in [0.1, 0.15) is 18.3 Å². The molecule has 142 valence electrons. The van der Waals surface area contributed by atoms with E-state index in [4.69, 9.17) is 0 Å². The second-order valence-electron chi connectivity index (χ2n) is 6.54. The molecule has 7 nitrogen and oxygen atoms in total. The molecule has 2 aromatic heterocycles. The normalized spacial score (nSPS) is 12.7. The van der Waals surface area contributed by atoms with Crippen molar-refractivity contribution in [3.63, 3.8) is 0 Å². The molecule has 27 heavy (non-hydrogen) atoms. The van der Waals surface area contributed by atoms with Crippen LogP contribution in [0.5, 0.6) is 0 Å². The van der Waals surface area contributed by atoms with Gasteiger partial charge in [-0.3, -0.25) is 9.52 Å². The zero-order chi connectivity index (χ0) is 19.4. The van der Waals surface area contributed by atoms with Gasteiger partial charge in [-0.05, 0) is 31.2 Å². The average molecular weight is 386 g/mol. The van der Waals surface area contributed by atoms with Gasteiger partial charge in [-0.25, -0.2) is 13.4 Å². The van der Waals surface area contributed by atoms with Gasteiger partial charge in [0.25, 0.3) is 0 Å². The highest BCUT2D eigenvalue weighted by molar-refractivity contribution is 7.92. The highest BCUT2D eigenvalue weighted by Gasteiger charge is 2.22. The van der Waals surface area contributed by atoms with Gasteiger partial charge in [0.15, 0.2) is 0 Å². The summed E-state index contributed by atoms with van der Waals surface area (Å²) in [6, 6.07) is 12.7. The summed E-state index contributed by atoms with van der Waals surface area (Å²) in [6.45, 7) is 3.74. The summed E-state index contributed by atoms with van der Waals surface area (Å²) in [5, 5.41) is 2.76. The van der Waals surface area contributed by atoms with E-state index in [9.17, 15) is 13.2 Å². The minimum Gasteiger partial charge on any atom is -0.349 e. The second-order valence-corrected chi connectivity index (χ2v) is 8.31. The van der Waals surface area contributed by atoms with Crippen LogP contribution in [0, 0.1) is 12.8 Å². The topological polar surface area (TPSA) is 92.6 Å². The summed E-state index contributed by atoms with van der Waals surface area (Å²) in [4.78, 5) is 16.6. The van der Waals surface area contributed by atoms with Gasteiger partial charge in [0, 0.05) is 11.9 Å². The molecule has 3 aromatic rings. The van der Waals surface area contributed by atoms with Crippen LogP contribution in [0.4, 0.5) is 5.69 Å². The fraction of sp³-hybridized carbons (Fsp3) is 0.263. The zero-order valence-corrected chi connectivity index (χ0v) is 16.0. The van der Waals surface area contributed by atoms with E-state index in [2.05, 4.69) is 15.0 Å². The van der Waals surface area contributed by atoms with Crippen LogP contribution in [0.3, 0.4) is 0 Å². The van der Waals surface area contributed by atoms with E-state index >= 15 is 0 Å². The molecule has 0 bridgehead atoms. The Morgan fingerprint density at radius 1 is 1.19 bits per heavy atom. The Bertz CT molecular complexity index is 1040. The molecule has 0 aliphatic rings. The second kappa shape index (κ2) is 7.79. The van der Waals surface area contributed by atoms with Gasteiger partial charge in [-0.2, -0.15) is 0 Å². The molecule has 0 radical (unpaired) electrons. The lowest BCUT2D eigenvalue weighted by Crippen LogP contribution is -2.34. The smallest absolute Gasteiger partial charge is 0.233 e. The molecule has 2 N–H and O–H groups in total. The van der Waals surface area contributed by atoms with E-state index in [-0.39, 0.29) is 18.2 Å². The number of aryl methyl sites for hydroxylation is 1. The first kappa shape index (κ1) is 18.9. The number of aromatic nitrogens is 2. The predicted octanol–water partition coefficient (Wildman–Crippen LogP) is 2.34. The van der Waals surface area contributed by atoms with Crippen LogP contribution in [-0.2, 0) is 21.4 Å². The highest BCUT2D eigenvalue weighted by Crippen LogP contribution is 2.13. The first-order valence-corrected chi connectivity index (χ1v) is 10.2. The minimum absolute atomic E-state index is 0.229. The Hall–Kier alpha value is -2.87. The molecule has 3 rings (SSSR count). The lowest BCUT2D eigenvalue weighted by Gasteiger charge is -2.14. The molecule has 0 saturated heterocycles. The fourth-order valence-corrected chi connectivity index (χ4v) is 4.11. The van der Waals surface area contributed by atoms with Crippen LogP contribution in [0.2, 0.25) is 0 Å². The Morgan fingerprint density at radius 3 is 2.67 bits per heavy atom. The molecule has 2 heterocycles. The maximum atomic E-state index is 12.3. The van der Waals surface area contributed by atoms with Crippen molar-refractivity contribution >= 4 is 27.1 Å². The third-order valence-corrected chi connectivity index (χ3v) is 5.66. The van der Waals surface area contributed by atoms with Gasteiger partial charge >= 0.3 is 0 Å². The average Bonchev–Trinajstić information content (AvgIpc) is 3.04. The molecular weight excluding hydrogens is 364 g/mol. The number of anilines is 1. The summed E-state index contributed by atoms with van der Waals surface area (Å²) in [6.07, 6.45) is 3.59. The molecule has 1 atom stereocenters. The van der Waals surface area contributed by atoms with E-state index in [0.717, 1.165) is 11.1 Å². The van der Waals surface area contributed by atoms with Gasteiger partial charge in [0.2, 0.25) is 15.9 Å². The van der Waals surface area contributed by atoms with Crippen LogP contribution in [0.15, 0.2) is 54.9 Å². The fourth-order valence-electron chi connectivity index (χ4n) is 2.72. The van der Waals surface area contributed by atoms with Crippen molar-refractivity contribution in [2.75, 3.05) is 10.5 Å². The zero-order valence-electron chi connectivity index (χ0n) is 15.2. The van der Waals surface area contributed by atoms with Gasteiger partial charge in [0.1, 0.15) is 5.82 Å². The third kappa shape index (κ3) is 4.85. The van der Waals surface area contributed by atoms with Crippen molar-refractivity contribution in [1.29, 1.82) is 0 Å². The summed E-state index contributed by atoms with van der Waals surface area (Å²) in [7, 11) is -3.63. The van der Waals surface area contributed by atoms with E-state index in [1.807, 2.05) is 47.9 Å². The molecule has 1 amide bonds. The lowest BCUT2D eigenvalue weighted by atomic mass is 10.2. The summed E-state index contributed by atoms with van der Waals surface area (Å²) in [5.74, 6) is -0.641. The molecule has 0 fully saturated rings. The van der Waals surface area contributed by atoms with Crippen molar-refractivity contribution in [1.82, 2.24) is 14.7 Å². The molecule has 0 aliphatic carbocycles. The number of nitrogens with zero attached hydrogens (tertiary/aromatic N) is 2. The van der Waals surface area contributed by atoms with Crippen molar-refractivity contribution in [2.45, 2.75) is 20.4 Å². The van der Waals surface area contributed by atoms with E-state index < -0.39 is 15.9 Å². The van der Waals surface area contributed by atoms with Crippen LogP contribution >= 0.6 is 0 Å². The van der Waals surface area contributed by atoms with Crippen molar-refractivity contribution in [2.24, 2.45) is 5.92 Å². The molecule has 0 saturated carbocycles. The highest BCUT2D eigenvalue weighted by atomic mass is 32.2. The van der Waals surface area contributed by atoms with Gasteiger partial charge in [0.05, 0.1) is 29.9 Å². The molecular formula is C19H22N4O3S. The lowest BCUT2D eigenvalue weighted by molar-refractivity contribution is -0.124. The number of hydrogen-bond donors (Lipinski definition) is 2. The number of fused-ring (bicyclic) bond motifs is 1. The maximum absolute atomic E-state index is 12.3. The third-order valence-electron chi connectivity index (χ3n) is 4.18. The van der Waals surface area contributed by atoms with Crippen molar-refractivity contribution in [3.8, 4) is 0 Å². The molecule has 0 spiro atoms. The van der Waals surface area contributed by atoms with E-state index in [0.29, 0.717) is 11.5 Å². The summed E-state index contributed by atoms with van der Waals surface area (Å²) in [5.41, 5.74) is 2.45. The quantitative estimate of drug-likeness (QED) is 0.652. The number of amides is 1. The van der Waals surface area contributed by atoms with Crippen LogP contribution in [-0.4, -0.2) is 29.5 Å². The number of hydrogen-bond acceptors (Lipinski definition) is 4. The first-order valence-electron chi connectivity index (χ1n) is 8.60. The van der Waals surface area contributed by atoms with Crippen molar-refractivity contribution < 1.29 is 13.2 Å². The standard InChI is InChI=1S/C19H22N4O3S/c1-14-6-8-16(9-7-14)22-27(25,26)13-15(2)19(24)21-12-18-20-11-17-5-3-4-10-23(17)18/h3-11,15,22H,12-13H2,1-2H3,(H,21,24). The molecule has 1 aromatic carbocycles. The number of benzene rings is 1. The summed E-state index contributed by atoms with van der Waals surface area (Å²) >= 11 is 0. The van der Waals surface area contributed by atoms with E-state index in [1.165, 1.54) is 0 Å². The van der Waals surface area contributed by atoms with Gasteiger partial charge < -0.3 is 9.72 Å². The number of rotatable bonds is 7. The predicted molar refractivity (Wildman–Crippen MR) is 105 cm³/mol. The van der Waals surface area contributed by atoms with E-state index in [1.54, 1.807) is 25.3 Å². The molecule has 8 heteroatoms. The molecule has 0 aliphatic heterocycles. The largest absolute Gasteiger partial charge is 0.349 e. The van der Waals surface area contributed by atoms with Crippen molar-refractivity contribution in [3.05, 3.63) is 66.2 Å². The Labute approximate surface area is 158 Å². The van der Waals surface area contributed by atoms with Crippen LogP contribution < -0.4 is 10.0 Å². The Balaban J connectivity index is 1.57. The minimum atomic E-state index is -3.63. The van der Waals surface area contributed by atoms with Crippen LogP contribution in [0.25, 0.3) is 5.52 Å². The number of carbonyl (C=O) groups excluding carboxylic acids is 1.